The maximum absolute atomic E-state index is 11.4. The van der Waals surface area contributed by atoms with Crippen LogP contribution in [0.15, 0.2) is 11.6 Å². The van der Waals surface area contributed by atoms with Crippen LogP contribution in [0, 0.1) is 17.3 Å². The molecule has 1 heterocycles. The van der Waals surface area contributed by atoms with E-state index in [1.807, 2.05) is 6.92 Å². The molecule has 23 heavy (non-hydrogen) atoms. The van der Waals surface area contributed by atoms with E-state index in [-0.39, 0.29) is 23.4 Å². The molecule has 0 aromatic carbocycles. The molecule has 0 spiro atoms. The maximum Gasteiger partial charge on any atom is 0.118 e. The minimum Gasteiger partial charge on any atom is -0.390 e. The van der Waals surface area contributed by atoms with Crippen molar-refractivity contribution in [1.82, 2.24) is 0 Å². The van der Waals surface area contributed by atoms with Crippen LogP contribution in [-0.4, -0.2) is 33.6 Å². The van der Waals surface area contributed by atoms with Crippen molar-refractivity contribution in [3.63, 3.8) is 0 Å². The van der Waals surface area contributed by atoms with Gasteiger partial charge >= 0.3 is 0 Å². The minimum atomic E-state index is -0.674. The SMILES string of the molecule is CC1=CCC2(C)CCC(O)(C(C)C)C2CC(O)C2(C)OC2CC1. The van der Waals surface area contributed by atoms with Crippen LogP contribution in [0.4, 0.5) is 0 Å². The van der Waals surface area contributed by atoms with Crippen LogP contribution < -0.4 is 0 Å². The molecule has 3 rings (SSSR count). The first-order chi connectivity index (χ1) is 10.6. The van der Waals surface area contributed by atoms with Crippen molar-refractivity contribution < 1.29 is 14.9 Å². The summed E-state index contributed by atoms with van der Waals surface area (Å²) in [4.78, 5) is 0. The van der Waals surface area contributed by atoms with Gasteiger partial charge in [-0.25, -0.2) is 0 Å². The van der Waals surface area contributed by atoms with Crippen LogP contribution in [0.5, 0.6) is 0 Å². The molecule has 3 aliphatic rings. The van der Waals surface area contributed by atoms with E-state index in [0.717, 1.165) is 32.1 Å². The summed E-state index contributed by atoms with van der Waals surface area (Å²) in [6.07, 6.45) is 7.61. The van der Waals surface area contributed by atoms with Gasteiger partial charge < -0.3 is 14.9 Å². The number of hydrogen-bond acceptors (Lipinski definition) is 3. The van der Waals surface area contributed by atoms with Gasteiger partial charge in [-0.1, -0.05) is 32.4 Å². The Morgan fingerprint density at radius 3 is 2.61 bits per heavy atom. The molecule has 0 bridgehead atoms. The lowest BCUT2D eigenvalue weighted by atomic mass is 9.67. The molecule has 1 saturated carbocycles. The molecule has 0 radical (unpaired) electrons. The van der Waals surface area contributed by atoms with Crippen molar-refractivity contribution in [3.05, 3.63) is 11.6 Å². The molecule has 6 unspecified atom stereocenters. The molecule has 0 aromatic heterocycles. The van der Waals surface area contributed by atoms with E-state index < -0.39 is 17.3 Å². The predicted octanol–water partition coefficient (Wildman–Crippen LogP) is 3.83. The molecule has 1 aliphatic heterocycles. The second kappa shape index (κ2) is 5.57. The monoisotopic (exact) mass is 322 g/mol. The summed E-state index contributed by atoms with van der Waals surface area (Å²) in [6, 6.07) is 0. The summed E-state index contributed by atoms with van der Waals surface area (Å²) in [5.41, 5.74) is 0.393. The van der Waals surface area contributed by atoms with Crippen LogP contribution >= 0.6 is 0 Å². The fourth-order valence-electron chi connectivity index (χ4n) is 5.10. The topological polar surface area (TPSA) is 53.0 Å². The van der Waals surface area contributed by atoms with E-state index in [1.165, 1.54) is 5.57 Å². The number of rotatable bonds is 1. The van der Waals surface area contributed by atoms with Gasteiger partial charge in [-0.2, -0.15) is 0 Å². The van der Waals surface area contributed by atoms with Crippen LogP contribution in [0.2, 0.25) is 0 Å². The average Bonchev–Trinajstić information content (AvgIpc) is 3.09. The van der Waals surface area contributed by atoms with Crippen molar-refractivity contribution in [2.24, 2.45) is 17.3 Å². The van der Waals surface area contributed by atoms with Crippen LogP contribution in [0.25, 0.3) is 0 Å². The summed E-state index contributed by atoms with van der Waals surface area (Å²) in [6.45, 7) is 10.8. The van der Waals surface area contributed by atoms with E-state index in [2.05, 4.69) is 33.8 Å². The highest BCUT2D eigenvalue weighted by atomic mass is 16.6. The van der Waals surface area contributed by atoms with Gasteiger partial charge in [-0.05, 0) is 69.6 Å². The molecular weight excluding hydrogens is 288 g/mol. The molecule has 2 N–H and O–H groups in total. The Bertz CT molecular complexity index is 499. The van der Waals surface area contributed by atoms with Crippen LogP contribution in [-0.2, 0) is 4.74 Å². The number of epoxide rings is 1. The van der Waals surface area contributed by atoms with Gasteiger partial charge in [0.1, 0.15) is 5.60 Å². The predicted molar refractivity (Wildman–Crippen MR) is 92.1 cm³/mol. The Labute approximate surface area is 141 Å². The largest absolute Gasteiger partial charge is 0.390 e. The highest BCUT2D eigenvalue weighted by molar-refractivity contribution is 5.14. The molecule has 3 nitrogen and oxygen atoms in total. The third-order valence-electron chi connectivity index (χ3n) is 7.36. The first-order valence-corrected chi connectivity index (χ1v) is 9.36. The molecule has 132 valence electrons. The van der Waals surface area contributed by atoms with E-state index in [1.54, 1.807) is 0 Å². The number of ether oxygens (including phenoxy) is 1. The van der Waals surface area contributed by atoms with Gasteiger partial charge in [0.2, 0.25) is 0 Å². The molecule has 2 fully saturated rings. The van der Waals surface area contributed by atoms with Gasteiger partial charge in [0.15, 0.2) is 0 Å². The molecule has 1 saturated heterocycles. The number of hydrogen-bond donors (Lipinski definition) is 2. The summed E-state index contributed by atoms with van der Waals surface area (Å²) < 4.78 is 5.89. The third kappa shape index (κ3) is 2.79. The van der Waals surface area contributed by atoms with Gasteiger partial charge in [-0.3, -0.25) is 0 Å². The summed E-state index contributed by atoms with van der Waals surface area (Å²) >= 11 is 0. The molecule has 0 aromatic rings. The fraction of sp³-hybridized carbons (Fsp3) is 0.900. The zero-order chi connectivity index (χ0) is 17.0. The average molecular weight is 322 g/mol. The molecule has 3 heteroatoms. The highest BCUT2D eigenvalue weighted by Crippen LogP contribution is 2.58. The van der Waals surface area contributed by atoms with Gasteiger partial charge in [0.05, 0.1) is 17.8 Å². The first-order valence-electron chi connectivity index (χ1n) is 9.36. The molecule has 6 atom stereocenters. The Hall–Kier alpha value is -0.380. The standard InChI is InChI=1S/C20H34O3/c1-13(2)20(22)11-10-18(4)9-8-14(3)6-7-17-19(5,23-17)16(21)12-15(18)20/h8,13,15-17,21-22H,6-7,9-12H2,1-5H3. The Kier molecular flexibility index (Phi) is 4.23. The zero-order valence-corrected chi connectivity index (χ0v) is 15.4. The van der Waals surface area contributed by atoms with E-state index in [0.29, 0.717) is 6.42 Å². The molecule has 0 amide bonds. The van der Waals surface area contributed by atoms with E-state index in [4.69, 9.17) is 4.74 Å². The van der Waals surface area contributed by atoms with Gasteiger partial charge in [0.25, 0.3) is 0 Å². The number of fused-ring (bicyclic) bond motifs is 2. The summed E-state index contributed by atoms with van der Waals surface area (Å²) in [5.74, 6) is 0.328. The van der Waals surface area contributed by atoms with Crippen LogP contribution in [0.1, 0.15) is 73.1 Å². The molecular formula is C20H34O3. The highest BCUT2D eigenvalue weighted by Gasteiger charge is 2.61. The van der Waals surface area contributed by atoms with Crippen molar-refractivity contribution in [3.8, 4) is 0 Å². The van der Waals surface area contributed by atoms with Crippen molar-refractivity contribution in [2.45, 2.75) is 96.6 Å². The minimum absolute atomic E-state index is 0.0619. The van der Waals surface area contributed by atoms with Gasteiger partial charge in [-0.15, -0.1) is 0 Å². The van der Waals surface area contributed by atoms with E-state index >= 15 is 0 Å². The second-order valence-corrected chi connectivity index (χ2v) is 9.19. The number of allylic oxidation sites excluding steroid dienone is 2. The van der Waals surface area contributed by atoms with Crippen molar-refractivity contribution in [1.29, 1.82) is 0 Å². The normalized spacial score (nSPS) is 50.8. The maximum atomic E-state index is 11.4. The van der Waals surface area contributed by atoms with E-state index in [9.17, 15) is 10.2 Å². The zero-order valence-electron chi connectivity index (χ0n) is 15.4. The van der Waals surface area contributed by atoms with Crippen molar-refractivity contribution >= 4 is 0 Å². The lowest BCUT2D eigenvalue weighted by Gasteiger charge is -2.42. The lowest BCUT2D eigenvalue weighted by Crippen LogP contribution is -2.46. The van der Waals surface area contributed by atoms with Crippen LogP contribution in [0.3, 0.4) is 0 Å². The Balaban J connectivity index is 1.95. The fourth-order valence-corrected chi connectivity index (χ4v) is 5.10. The third-order valence-corrected chi connectivity index (χ3v) is 7.36. The summed E-state index contributed by atoms with van der Waals surface area (Å²) in [7, 11) is 0. The first kappa shape index (κ1) is 17.4. The summed E-state index contributed by atoms with van der Waals surface area (Å²) in [5, 5.41) is 22.3. The smallest absolute Gasteiger partial charge is 0.118 e. The van der Waals surface area contributed by atoms with Gasteiger partial charge in [0, 0.05) is 0 Å². The molecule has 2 aliphatic carbocycles. The Morgan fingerprint density at radius 2 is 1.96 bits per heavy atom. The second-order valence-electron chi connectivity index (χ2n) is 9.19. The van der Waals surface area contributed by atoms with Crippen molar-refractivity contribution in [2.75, 3.05) is 0 Å². The lowest BCUT2D eigenvalue weighted by molar-refractivity contribution is -0.0839. The number of aliphatic hydroxyl groups excluding tert-OH is 1. The number of aliphatic hydroxyl groups is 2. The quantitative estimate of drug-likeness (QED) is 0.570. The Morgan fingerprint density at radius 1 is 1.26 bits per heavy atom.